The zero-order valence-corrected chi connectivity index (χ0v) is 15.2. The molecule has 0 saturated carbocycles. The first-order valence-electron chi connectivity index (χ1n) is 8.83. The number of carbonyl (C=O) groups is 2. The molecule has 2 aromatic rings. The number of nitrogens with zero attached hydrogens (tertiary/aromatic N) is 2. The molecule has 0 spiro atoms. The van der Waals surface area contributed by atoms with Crippen LogP contribution in [0.15, 0.2) is 47.8 Å². The fourth-order valence-electron chi connectivity index (χ4n) is 3.09. The highest BCUT2D eigenvalue weighted by molar-refractivity contribution is 7.12. The van der Waals surface area contributed by atoms with Crippen LogP contribution >= 0.6 is 11.3 Å². The van der Waals surface area contributed by atoms with Crippen LogP contribution < -0.4 is 0 Å². The fourth-order valence-corrected chi connectivity index (χ4v) is 3.79. The van der Waals surface area contributed by atoms with Crippen LogP contribution in [0.5, 0.6) is 0 Å². The Morgan fingerprint density at radius 2 is 1.68 bits per heavy atom. The standard InChI is InChI=1S/C20H24N2O2S/c23-18(19-7-4-16-25-19)8-9-20(24)22-14-12-21(13-15-22)11-10-17-5-2-1-3-6-17/h1-7,16H,8-15H2. The number of hydrogen-bond acceptors (Lipinski definition) is 4. The Balaban J connectivity index is 1.36. The number of carbonyl (C=O) groups excluding carboxylic acids is 2. The van der Waals surface area contributed by atoms with Crippen LogP contribution in [0.4, 0.5) is 0 Å². The SMILES string of the molecule is O=C(CCC(=O)N1CCN(CCc2ccccc2)CC1)c1cccs1. The maximum atomic E-state index is 12.3. The molecule has 1 aromatic carbocycles. The van der Waals surface area contributed by atoms with Gasteiger partial charge in [0.1, 0.15) is 0 Å². The molecule has 1 fully saturated rings. The summed E-state index contributed by atoms with van der Waals surface area (Å²) in [5, 5.41) is 1.89. The van der Waals surface area contributed by atoms with Gasteiger partial charge in [0.15, 0.2) is 5.78 Å². The Morgan fingerprint density at radius 1 is 0.920 bits per heavy atom. The van der Waals surface area contributed by atoms with Crippen LogP contribution in [-0.4, -0.2) is 54.2 Å². The molecule has 25 heavy (non-hydrogen) atoms. The zero-order chi connectivity index (χ0) is 17.5. The molecule has 0 N–H and O–H groups in total. The number of thiophene rings is 1. The summed E-state index contributed by atoms with van der Waals surface area (Å²) in [4.78, 5) is 29.4. The van der Waals surface area contributed by atoms with E-state index in [4.69, 9.17) is 0 Å². The maximum Gasteiger partial charge on any atom is 0.223 e. The molecular formula is C20H24N2O2S. The smallest absolute Gasteiger partial charge is 0.223 e. The summed E-state index contributed by atoms with van der Waals surface area (Å²) in [6, 6.07) is 14.2. The Labute approximate surface area is 153 Å². The van der Waals surface area contributed by atoms with E-state index >= 15 is 0 Å². The minimum absolute atomic E-state index is 0.0739. The monoisotopic (exact) mass is 356 g/mol. The van der Waals surface area contributed by atoms with Gasteiger partial charge in [-0.3, -0.25) is 14.5 Å². The van der Waals surface area contributed by atoms with Gasteiger partial charge < -0.3 is 4.90 Å². The second-order valence-corrected chi connectivity index (χ2v) is 7.31. The first kappa shape index (κ1) is 17.8. The van der Waals surface area contributed by atoms with Crippen molar-refractivity contribution in [1.82, 2.24) is 9.80 Å². The van der Waals surface area contributed by atoms with E-state index in [1.807, 2.05) is 28.5 Å². The maximum absolute atomic E-state index is 12.3. The van der Waals surface area contributed by atoms with E-state index in [1.54, 1.807) is 0 Å². The lowest BCUT2D eigenvalue weighted by Gasteiger charge is -2.34. The van der Waals surface area contributed by atoms with E-state index in [0.717, 1.165) is 44.0 Å². The number of ketones is 1. The second kappa shape index (κ2) is 8.92. The third kappa shape index (κ3) is 5.25. The summed E-state index contributed by atoms with van der Waals surface area (Å²) in [5.41, 5.74) is 1.35. The molecule has 132 valence electrons. The molecule has 0 bridgehead atoms. The van der Waals surface area contributed by atoms with Crippen molar-refractivity contribution in [1.29, 1.82) is 0 Å². The summed E-state index contributed by atoms with van der Waals surface area (Å²) in [5.74, 6) is 0.178. The van der Waals surface area contributed by atoms with Crippen LogP contribution in [0, 0.1) is 0 Å². The fraction of sp³-hybridized carbons (Fsp3) is 0.400. The molecule has 1 aliphatic rings. The van der Waals surface area contributed by atoms with Crippen molar-refractivity contribution in [2.45, 2.75) is 19.3 Å². The van der Waals surface area contributed by atoms with Crippen LogP contribution in [0.1, 0.15) is 28.1 Å². The van der Waals surface area contributed by atoms with Crippen LogP contribution in [0.25, 0.3) is 0 Å². The topological polar surface area (TPSA) is 40.6 Å². The normalized spacial score (nSPS) is 15.3. The largest absolute Gasteiger partial charge is 0.340 e. The molecule has 0 aliphatic carbocycles. The lowest BCUT2D eigenvalue weighted by molar-refractivity contribution is -0.132. The molecule has 4 nitrogen and oxygen atoms in total. The van der Waals surface area contributed by atoms with Crippen molar-refractivity contribution in [2.75, 3.05) is 32.7 Å². The van der Waals surface area contributed by atoms with Gasteiger partial charge in [0.25, 0.3) is 0 Å². The lowest BCUT2D eigenvalue weighted by atomic mass is 10.1. The highest BCUT2D eigenvalue weighted by atomic mass is 32.1. The van der Waals surface area contributed by atoms with Crippen molar-refractivity contribution in [3.05, 3.63) is 58.3 Å². The number of piperazine rings is 1. The van der Waals surface area contributed by atoms with Crippen molar-refractivity contribution in [3.8, 4) is 0 Å². The Morgan fingerprint density at radius 3 is 2.36 bits per heavy atom. The van der Waals surface area contributed by atoms with Crippen LogP contribution in [-0.2, 0) is 11.2 Å². The van der Waals surface area contributed by atoms with Gasteiger partial charge in [0.05, 0.1) is 4.88 Å². The quantitative estimate of drug-likeness (QED) is 0.716. The minimum Gasteiger partial charge on any atom is -0.340 e. The van der Waals surface area contributed by atoms with Crippen molar-refractivity contribution in [3.63, 3.8) is 0 Å². The highest BCUT2D eigenvalue weighted by Gasteiger charge is 2.21. The summed E-state index contributed by atoms with van der Waals surface area (Å²) in [7, 11) is 0. The molecule has 1 aromatic heterocycles. The van der Waals surface area contributed by atoms with E-state index in [2.05, 4.69) is 29.2 Å². The molecular weight excluding hydrogens is 332 g/mol. The molecule has 0 atom stereocenters. The third-order valence-corrected chi connectivity index (χ3v) is 5.56. The predicted octanol–water partition coefficient (Wildman–Crippen LogP) is 3.10. The number of Topliss-reactive ketones (excluding diaryl/α,β-unsaturated/α-hetero) is 1. The van der Waals surface area contributed by atoms with Gasteiger partial charge >= 0.3 is 0 Å². The summed E-state index contributed by atoms with van der Waals surface area (Å²) < 4.78 is 0. The average molecular weight is 356 g/mol. The zero-order valence-electron chi connectivity index (χ0n) is 14.4. The molecule has 2 heterocycles. The van der Waals surface area contributed by atoms with E-state index < -0.39 is 0 Å². The van der Waals surface area contributed by atoms with Crippen LogP contribution in [0.3, 0.4) is 0 Å². The molecule has 1 amide bonds. The lowest BCUT2D eigenvalue weighted by Crippen LogP contribution is -2.49. The predicted molar refractivity (Wildman–Crippen MR) is 101 cm³/mol. The van der Waals surface area contributed by atoms with Crippen molar-refractivity contribution >= 4 is 23.0 Å². The van der Waals surface area contributed by atoms with E-state index in [0.29, 0.717) is 12.8 Å². The Kier molecular flexibility index (Phi) is 6.36. The van der Waals surface area contributed by atoms with Gasteiger partial charge in [-0.2, -0.15) is 0 Å². The molecule has 0 radical (unpaired) electrons. The average Bonchev–Trinajstić information content (AvgIpc) is 3.20. The molecule has 3 rings (SSSR count). The first-order chi connectivity index (χ1) is 12.2. The van der Waals surface area contributed by atoms with Gasteiger partial charge in [-0.05, 0) is 23.4 Å². The van der Waals surface area contributed by atoms with Crippen molar-refractivity contribution in [2.24, 2.45) is 0 Å². The summed E-state index contributed by atoms with van der Waals surface area (Å²) in [6.07, 6.45) is 1.68. The first-order valence-corrected chi connectivity index (χ1v) is 9.71. The number of rotatable bonds is 7. The van der Waals surface area contributed by atoms with Gasteiger partial charge in [-0.25, -0.2) is 0 Å². The Hall–Kier alpha value is -1.98. The molecule has 1 saturated heterocycles. The Bertz CT molecular complexity index is 677. The van der Waals surface area contributed by atoms with E-state index in [9.17, 15) is 9.59 Å². The summed E-state index contributed by atoms with van der Waals surface area (Å²) >= 11 is 1.44. The van der Waals surface area contributed by atoms with Gasteiger partial charge in [-0.15, -0.1) is 11.3 Å². The van der Waals surface area contributed by atoms with E-state index in [-0.39, 0.29) is 11.7 Å². The number of benzene rings is 1. The van der Waals surface area contributed by atoms with Gasteiger partial charge in [0, 0.05) is 45.6 Å². The van der Waals surface area contributed by atoms with Crippen molar-refractivity contribution < 1.29 is 9.59 Å². The van der Waals surface area contributed by atoms with Gasteiger partial charge in [0.2, 0.25) is 5.91 Å². The number of amides is 1. The minimum atomic E-state index is 0.0739. The summed E-state index contributed by atoms with van der Waals surface area (Å²) in [6.45, 7) is 4.39. The molecule has 0 unspecified atom stereocenters. The highest BCUT2D eigenvalue weighted by Crippen LogP contribution is 2.13. The van der Waals surface area contributed by atoms with Crippen LogP contribution in [0.2, 0.25) is 0 Å². The third-order valence-electron chi connectivity index (χ3n) is 4.65. The number of hydrogen-bond donors (Lipinski definition) is 0. The molecule has 5 heteroatoms. The van der Waals surface area contributed by atoms with Gasteiger partial charge in [-0.1, -0.05) is 36.4 Å². The van der Waals surface area contributed by atoms with E-state index in [1.165, 1.54) is 16.9 Å². The molecule has 1 aliphatic heterocycles. The second-order valence-electron chi connectivity index (χ2n) is 6.36.